The number of anilines is 1. The summed E-state index contributed by atoms with van der Waals surface area (Å²) in [4.78, 5) is 49.8. The van der Waals surface area contributed by atoms with Gasteiger partial charge in [0.2, 0.25) is 17.7 Å². The van der Waals surface area contributed by atoms with Gasteiger partial charge in [-0.25, -0.2) is 4.79 Å². The minimum Gasteiger partial charge on any atom is -0.478 e. The number of para-hydroxylation sites is 1. The van der Waals surface area contributed by atoms with Gasteiger partial charge in [-0.1, -0.05) is 44.0 Å². The average Bonchev–Trinajstić information content (AvgIpc) is 2.80. The zero-order valence-electron chi connectivity index (χ0n) is 13.5. The molecule has 1 aliphatic heterocycles. The first-order valence-electron chi connectivity index (χ1n) is 8.05. The summed E-state index contributed by atoms with van der Waals surface area (Å²) in [6, 6.07) is 5.96. The molecule has 1 saturated carbocycles. The summed E-state index contributed by atoms with van der Waals surface area (Å²) in [5.74, 6) is -3.30. The Morgan fingerprint density at radius 3 is 2.15 bits per heavy atom. The second kappa shape index (κ2) is 7.48. The summed E-state index contributed by atoms with van der Waals surface area (Å²) in [5.41, 5.74) is 0.0698. The van der Waals surface area contributed by atoms with E-state index in [4.69, 9.17) is 5.11 Å². The molecule has 1 aromatic rings. The number of carboxylic acid groups (broad SMARTS) is 1. The molecular formula is C17H16Br2N2O5. The number of carbonyl (C=O) groups is 4. The Hall–Kier alpha value is -1.74. The van der Waals surface area contributed by atoms with Crippen LogP contribution in [0.4, 0.5) is 5.69 Å². The van der Waals surface area contributed by atoms with Crippen LogP contribution in [0.3, 0.4) is 0 Å². The number of imide groups is 1. The van der Waals surface area contributed by atoms with Crippen LogP contribution in [-0.2, 0) is 14.4 Å². The molecule has 1 heterocycles. The van der Waals surface area contributed by atoms with Gasteiger partial charge in [0.1, 0.15) is 6.54 Å². The second-order valence-corrected chi connectivity index (χ2v) is 8.73. The van der Waals surface area contributed by atoms with Crippen LogP contribution < -0.4 is 5.32 Å². The van der Waals surface area contributed by atoms with Crippen LogP contribution >= 0.6 is 31.9 Å². The number of carbonyl (C=O) groups excluding carboxylic acids is 3. The van der Waals surface area contributed by atoms with Crippen molar-refractivity contribution >= 4 is 61.2 Å². The van der Waals surface area contributed by atoms with Gasteiger partial charge in [-0.2, -0.15) is 0 Å². The summed E-state index contributed by atoms with van der Waals surface area (Å²) in [5, 5.41) is 11.6. The third-order valence-electron chi connectivity index (χ3n) is 4.74. The summed E-state index contributed by atoms with van der Waals surface area (Å²) >= 11 is 7.02. The lowest BCUT2D eigenvalue weighted by atomic mass is 9.81. The topological polar surface area (TPSA) is 104 Å². The first-order chi connectivity index (χ1) is 12.3. The van der Waals surface area contributed by atoms with Gasteiger partial charge in [0, 0.05) is 9.65 Å². The Morgan fingerprint density at radius 2 is 1.62 bits per heavy atom. The predicted octanol–water partition coefficient (Wildman–Crippen LogP) is 2.25. The molecule has 26 heavy (non-hydrogen) atoms. The number of halogens is 2. The molecule has 1 aliphatic carbocycles. The molecule has 2 aliphatic rings. The maximum absolute atomic E-state index is 12.6. The predicted molar refractivity (Wildman–Crippen MR) is 100 cm³/mol. The molecule has 2 N–H and O–H groups in total. The Morgan fingerprint density at radius 1 is 1.08 bits per heavy atom. The SMILES string of the molecule is O=C(CN1C(=O)[C@H]2C[C@@H](Br)[C@@H](Br)C[C@H]2C1=O)Nc1ccccc1C(=O)O. The quantitative estimate of drug-likeness (QED) is 0.500. The van der Waals surface area contributed by atoms with Crippen LogP contribution in [-0.4, -0.2) is 49.9 Å². The number of nitrogens with one attached hydrogen (secondary N) is 1. The number of rotatable bonds is 4. The zero-order chi connectivity index (χ0) is 19.0. The van der Waals surface area contributed by atoms with Gasteiger partial charge in [-0.15, -0.1) is 0 Å². The maximum Gasteiger partial charge on any atom is 0.337 e. The van der Waals surface area contributed by atoms with Gasteiger partial charge < -0.3 is 10.4 Å². The van der Waals surface area contributed by atoms with E-state index in [2.05, 4.69) is 37.2 Å². The van der Waals surface area contributed by atoms with E-state index in [0.29, 0.717) is 12.8 Å². The molecule has 0 spiro atoms. The van der Waals surface area contributed by atoms with Crippen molar-refractivity contribution in [3.63, 3.8) is 0 Å². The van der Waals surface area contributed by atoms with Crippen molar-refractivity contribution in [2.75, 3.05) is 11.9 Å². The Kier molecular flexibility index (Phi) is 5.47. The van der Waals surface area contributed by atoms with Crippen molar-refractivity contribution in [3.8, 4) is 0 Å². The van der Waals surface area contributed by atoms with Crippen LogP contribution in [0.5, 0.6) is 0 Å². The summed E-state index contributed by atoms with van der Waals surface area (Å²) < 4.78 is 0. The van der Waals surface area contributed by atoms with Crippen LogP contribution in [0.25, 0.3) is 0 Å². The minimum absolute atomic E-state index is 0.0575. The fourth-order valence-electron chi connectivity index (χ4n) is 3.43. The van der Waals surface area contributed by atoms with Crippen molar-refractivity contribution in [3.05, 3.63) is 29.8 Å². The van der Waals surface area contributed by atoms with E-state index in [-0.39, 0.29) is 32.7 Å². The van der Waals surface area contributed by atoms with E-state index in [9.17, 15) is 19.2 Å². The Bertz CT molecular complexity index is 756. The number of aromatic carboxylic acids is 1. The molecular weight excluding hydrogens is 472 g/mol. The van der Waals surface area contributed by atoms with Crippen LogP contribution in [0.2, 0.25) is 0 Å². The van der Waals surface area contributed by atoms with E-state index in [1.807, 2.05) is 0 Å². The lowest BCUT2D eigenvalue weighted by molar-refractivity contribution is -0.142. The average molecular weight is 488 g/mol. The highest BCUT2D eigenvalue weighted by Crippen LogP contribution is 2.43. The molecule has 1 aromatic carbocycles. The van der Waals surface area contributed by atoms with Gasteiger partial charge in [-0.3, -0.25) is 19.3 Å². The fraction of sp³-hybridized carbons (Fsp3) is 0.412. The maximum atomic E-state index is 12.6. The second-order valence-electron chi connectivity index (χ2n) is 6.38. The molecule has 0 aromatic heterocycles. The standard InChI is InChI=1S/C17H16Br2N2O5/c18-11-5-9-10(6-12(11)19)16(24)21(15(9)23)7-14(22)20-13-4-2-1-3-8(13)17(25)26/h1-4,9-12H,5-7H2,(H,20,22)(H,25,26)/t9-,10+,11+,12-. The smallest absolute Gasteiger partial charge is 0.337 e. The van der Waals surface area contributed by atoms with Crippen molar-refractivity contribution in [2.24, 2.45) is 11.8 Å². The molecule has 3 rings (SSSR count). The molecule has 1 saturated heterocycles. The normalized spacial score (nSPS) is 28.0. The van der Waals surface area contributed by atoms with Crippen LogP contribution in [0.1, 0.15) is 23.2 Å². The number of alkyl halides is 2. The first-order valence-corrected chi connectivity index (χ1v) is 9.88. The third-order valence-corrected chi connectivity index (χ3v) is 7.47. The number of benzene rings is 1. The van der Waals surface area contributed by atoms with E-state index in [0.717, 1.165) is 4.90 Å². The van der Waals surface area contributed by atoms with E-state index in [1.165, 1.54) is 12.1 Å². The van der Waals surface area contributed by atoms with Crippen molar-refractivity contribution < 1.29 is 24.3 Å². The van der Waals surface area contributed by atoms with Crippen LogP contribution in [0.15, 0.2) is 24.3 Å². The number of amides is 3. The third kappa shape index (κ3) is 3.55. The fourth-order valence-corrected chi connectivity index (χ4v) is 4.67. The number of hydrogen-bond donors (Lipinski definition) is 2. The number of nitrogens with zero attached hydrogens (tertiary/aromatic N) is 1. The first kappa shape index (κ1) is 19.0. The highest BCUT2D eigenvalue weighted by molar-refractivity contribution is 9.12. The molecule has 0 unspecified atom stereocenters. The highest BCUT2D eigenvalue weighted by atomic mass is 79.9. The summed E-state index contributed by atoms with van der Waals surface area (Å²) in [7, 11) is 0. The molecule has 138 valence electrons. The number of hydrogen-bond acceptors (Lipinski definition) is 4. The van der Waals surface area contributed by atoms with Crippen molar-refractivity contribution in [2.45, 2.75) is 22.5 Å². The highest BCUT2D eigenvalue weighted by Gasteiger charge is 2.52. The van der Waals surface area contributed by atoms with E-state index >= 15 is 0 Å². The van der Waals surface area contributed by atoms with Crippen molar-refractivity contribution in [1.82, 2.24) is 4.90 Å². The van der Waals surface area contributed by atoms with Gasteiger partial charge in [0.05, 0.1) is 23.1 Å². The number of likely N-dealkylation sites (tertiary alicyclic amines) is 1. The molecule has 0 radical (unpaired) electrons. The van der Waals surface area contributed by atoms with Crippen molar-refractivity contribution in [1.29, 1.82) is 0 Å². The van der Waals surface area contributed by atoms with Gasteiger partial charge in [0.25, 0.3) is 0 Å². The molecule has 7 nitrogen and oxygen atoms in total. The largest absolute Gasteiger partial charge is 0.478 e. The molecule has 2 fully saturated rings. The zero-order valence-corrected chi connectivity index (χ0v) is 16.7. The van der Waals surface area contributed by atoms with Gasteiger partial charge in [-0.05, 0) is 25.0 Å². The van der Waals surface area contributed by atoms with Crippen LogP contribution in [0, 0.1) is 11.8 Å². The van der Waals surface area contributed by atoms with E-state index < -0.39 is 30.3 Å². The molecule has 9 heteroatoms. The van der Waals surface area contributed by atoms with Gasteiger partial charge >= 0.3 is 5.97 Å². The molecule has 0 bridgehead atoms. The monoisotopic (exact) mass is 486 g/mol. The number of fused-ring (bicyclic) bond motifs is 1. The minimum atomic E-state index is -1.17. The van der Waals surface area contributed by atoms with Gasteiger partial charge in [0.15, 0.2) is 0 Å². The summed E-state index contributed by atoms with van der Waals surface area (Å²) in [6.45, 7) is -0.418. The molecule has 4 atom stereocenters. The Labute approximate surface area is 166 Å². The summed E-state index contributed by atoms with van der Waals surface area (Å²) in [6.07, 6.45) is 1.07. The van der Waals surface area contributed by atoms with E-state index in [1.54, 1.807) is 12.1 Å². The Balaban J connectivity index is 1.71. The number of carboxylic acids is 1. The molecule has 3 amide bonds. The lowest BCUT2D eigenvalue weighted by Gasteiger charge is -2.29. The lowest BCUT2D eigenvalue weighted by Crippen LogP contribution is -2.38.